The predicted octanol–water partition coefficient (Wildman–Crippen LogP) is 2.46. The van der Waals surface area contributed by atoms with Gasteiger partial charge < -0.3 is 4.90 Å². The number of carbonyl (C=O) groups is 1. The molecule has 0 N–H and O–H groups in total. The molecule has 1 aromatic carbocycles. The molecule has 2 heterocycles. The normalized spacial score (nSPS) is 15.8. The summed E-state index contributed by atoms with van der Waals surface area (Å²) in [5, 5.41) is 10.8. The lowest BCUT2D eigenvalue weighted by atomic mass is 10.1. The first kappa shape index (κ1) is 18.8. The van der Waals surface area contributed by atoms with E-state index in [1.54, 1.807) is 0 Å². The van der Waals surface area contributed by atoms with Gasteiger partial charge in [-0.1, -0.05) is 17.7 Å². The molecule has 11 heteroatoms. The number of benzene rings is 1. The molecule has 26 heavy (non-hydrogen) atoms. The molecule has 1 amide bonds. The van der Waals surface area contributed by atoms with Crippen molar-refractivity contribution in [3.05, 3.63) is 56.4 Å². The van der Waals surface area contributed by atoms with E-state index in [1.807, 2.05) is 0 Å². The highest BCUT2D eigenvalue weighted by atomic mass is 35.5. The zero-order valence-corrected chi connectivity index (χ0v) is 15.8. The van der Waals surface area contributed by atoms with E-state index >= 15 is 0 Å². The van der Waals surface area contributed by atoms with E-state index in [4.69, 9.17) is 11.6 Å². The second-order valence-corrected chi connectivity index (χ2v) is 9.44. The summed E-state index contributed by atoms with van der Waals surface area (Å²) in [6, 6.07) is 8.48. The van der Waals surface area contributed by atoms with Crippen LogP contribution >= 0.6 is 22.9 Å². The van der Waals surface area contributed by atoms with Gasteiger partial charge in [0.1, 0.15) is 4.21 Å². The number of hydrogen-bond acceptors (Lipinski definition) is 6. The van der Waals surface area contributed by atoms with Gasteiger partial charge in [0.05, 0.1) is 9.26 Å². The SMILES string of the molecule is O=C(c1cccc([N+](=O)[O-])c1)N1CCN(S(=O)(=O)c2ccc(Cl)s2)CC1. The zero-order valence-electron chi connectivity index (χ0n) is 13.4. The van der Waals surface area contributed by atoms with Crippen LogP contribution in [-0.4, -0.2) is 54.6 Å². The molecule has 1 aromatic heterocycles. The Balaban J connectivity index is 1.69. The molecule has 0 aliphatic carbocycles. The fourth-order valence-electron chi connectivity index (χ4n) is 2.63. The number of rotatable bonds is 4. The first-order valence-corrected chi connectivity index (χ1v) is 10.2. The van der Waals surface area contributed by atoms with Crippen LogP contribution in [0.4, 0.5) is 5.69 Å². The molecular weight excluding hydrogens is 402 g/mol. The van der Waals surface area contributed by atoms with Gasteiger partial charge in [-0.25, -0.2) is 8.42 Å². The molecule has 0 spiro atoms. The van der Waals surface area contributed by atoms with Crippen LogP contribution < -0.4 is 0 Å². The Morgan fingerprint density at radius 1 is 1.15 bits per heavy atom. The third-order valence-electron chi connectivity index (χ3n) is 3.97. The molecule has 0 unspecified atom stereocenters. The van der Waals surface area contributed by atoms with Crippen molar-refractivity contribution in [1.82, 2.24) is 9.21 Å². The van der Waals surface area contributed by atoms with Crippen LogP contribution in [0.15, 0.2) is 40.6 Å². The quantitative estimate of drug-likeness (QED) is 0.564. The molecule has 0 atom stereocenters. The second-order valence-electron chi connectivity index (χ2n) is 5.56. The van der Waals surface area contributed by atoms with E-state index < -0.39 is 14.9 Å². The van der Waals surface area contributed by atoms with E-state index in [1.165, 1.54) is 45.6 Å². The number of carbonyl (C=O) groups excluding carboxylic acids is 1. The topological polar surface area (TPSA) is 101 Å². The molecule has 1 aliphatic rings. The van der Waals surface area contributed by atoms with Crippen LogP contribution in [0.25, 0.3) is 0 Å². The summed E-state index contributed by atoms with van der Waals surface area (Å²) >= 11 is 6.80. The van der Waals surface area contributed by atoms with Gasteiger partial charge in [-0.05, 0) is 18.2 Å². The minimum Gasteiger partial charge on any atom is -0.336 e. The van der Waals surface area contributed by atoms with Crippen molar-refractivity contribution in [2.24, 2.45) is 0 Å². The van der Waals surface area contributed by atoms with E-state index in [0.29, 0.717) is 4.34 Å². The second kappa shape index (κ2) is 7.31. The standard InChI is InChI=1S/C15H14ClN3O5S2/c16-13-4-5-14(25-13)26(23,24)18-8-6-17(7-9-18)15(20)11-2-1-3-12(10-11)19(21)22/h1-5,10H,6-9H2. The number of nitro groups is 1. The third-order valence-corrected chi connectivity index (χ3v) is 7.57. The van der Waals surface area contributed by atoms with E-state index in [0.717, 1.165) is 11.3 Å². The summed E-state index contributed by atoms with van der Waals surface area (Å²) in [4.78, 5) is 24.3. The highest BCUT2D eigenvalue weighted by molar-refractivity contribution is 7.91. The van der Waals surface area contributed by atoms with Gasteiger partial charge in [-0.3, -0.25) is 14.9 Å². The molecule has 0 bridgehead atoms. The molecule has 0 saturated carbocycles. The Hall–Kier alpha value is -2.01. The summed E-state index contributed by atoms with van der Waals surface area (Å²) in [6.07, 6.45) is 0. The van der Waals surface area contributed by atoms with Crippen molar-refractivity contribution >= 4 is 44.6 Å². The third kappa shape index (κ3) is 3.73. The van der Waals surface area contributed by atoms with Crippen molar-refractivity contribution < 1.29 is 18.1 Å². The lowest BCUT2D eigenvalue weighted by molar-refractivity contribution is -0.384. The summed E-state index contributed by atoms with van der Waals surface area (Å²) in [5.41, 5.74) is 0.0483. The minimum atomic E-state index is -3.63. The highest BCUT2D eigenvalue weighted by Gasteiger charge is 2.31. The monoisotopic (exact) mass is 415 g/mol. The van der Waals surface area contributed by atoms with Crippen LogP contribution in [-0.2, 0) is 10.0 Å². The number of thiophene rings is 1. The molecule has 3 rings (SSSR count). The van der Waals surface area contributed by atoms with Crippen molar-refractivity contribution in [3.63, 3.8) is 0 Å². The Kier molecular flexibility index (Phi) is 5.28. The van der Waals surface area contributed by atoms with Crippen LogP contribution in [0.5, 0.6) is 0 Å². The van der Waals surface area contributed by atoms with Crippen LogP contribution in [0.2, 0.25) is 4.34 Å². The average Bonchev–Trinajstić information content (AvgIpc) is 3.08. The maximum atomic E-state index is 12.6. The van der Waals surface area contributed by atoms with Gasteiger partial charge in [0.25, 0.3) is 21.6 Å². The van der Waals surface area contributed by atoms with Crippen molar-refractivity contribution in [1.29, 1.82) is 0 Å². The number of nitro benzene ring substituents is 1. The Morgan fingerprint density at radius 2 is 1.85 bits per heavy atom. The number of nitrogens with zero attached hydrogens (tertiary/aromatic N) is 3. The summed E-state index contributed by atoms with van der Waals surface area (Å²) in [6.45, 7) is 0.719. The predicted molar refractivity (Wildman–Crippen MR) is 97.1 cm³/mol. The maximum absolute atomic E-state index is 12.6. The maximum Gasteiger partial charge on any atom is 0.270 e. The number of sulfonamides is 1. The molecule has 0 radical (unpaired) electrons. The Bertz CT molecular complexity index is 952. The first-order chi connectivity index (χ1) is 12.3. The van der Waals surface area contributed by atoms with Crippen LogP contribution in [0, 0.1) is 10.1 Å². The molecule has 8 nitrogen and oxygen atoms in total. The highest BCUT2D eigenvalue weighted by Crippen LogP contribution is 2.28. The Labute approximate surface area is 158 Å². The first-order valence-electron chi connectivity index (χ1n) is 7.58. The molecule has 1 fully saturated rings. The lowest BCUT2D eigenvalue weighted by Crippen LogP contribution is -2.50. The van der Waals surface area contributed by atoms with Crippen LogP contribution in [0.3, 0.4) is 0 Å². The van der Waals surface area contributed by atoms with E-state index in [2.05, 4.69) is 0 Å². The number of hydrogen-bond donors (Lipinski definition) is 0. The van der Waals surface area contributed by atoms with Crippen molar-refractivity contribution in [3.8, 4) is 0 Å². The molecule has 2 aromatic rings. The molecule has 138 valence electrons. The average molecular weight is 416 g/mol. The molecular formula is C15H14ClN3O5S2. The van der Waals surface area contributed by atoms with Crippen molar-refractivity contribution in [2.45, 2.75) is 4.21 Å². The van der Waals surface area contributed by atoms with E-state index in [9.17, 15) is 23.3 Å². The fourth-order valence-corrected chi connectivity index (χ4v) is 5.69. The number of halogens is 1. The summed E-state index contributed by atoms with van der Waals surface area (Å²) < 4.78 is 27.0. The summed E-state index contributed by atoms with van der Waals surface area (Å²) in [7, 11) is -3.63. The fraction of sp³-hybridized carbons (Fsp3) is 0.267. The van der Waals surface area contributed by atoms with Gasteiger partial charge in [-0.2, -0.15) is 4.31 Å². The van der Waals surface area contributed by atoms with Gasteiger partial charge in [-0.15, -0.1) is 11.3 Å². The molecule has 1 aliphatic heterocycles. The zero-order chi connectivity index (χ0) is 18.9. The van der Waals surface area contributed by atoms with Crippen LogP contribution in [0.1, 0.15) is 10.4 Å². The summed E-state index contributed by atoms with van der Waals surface area (Å²) in [5.74, 6) is -0.357. The minimum absolute atomic E-state index is 0.151. The lowest BCUT2D eigenvalue weighted by Gasteiger charge is -2.33. The number of piperazine rings is 1. The van der Waals surface area contributed by atoms with Gasteiger partial charge in [0, 0.05) is 43.9 Å². The Morgan fingerprint density at radius 3 is 2.42 bits per heavy atom. The number of amides is 1. The smallest absolute Gasteiger partial charge is 0.270 e. The molecule has 1 saturated heterocycles. The largest absolute Gasteiger partial charge is 0.336 e. The van der Waals surface area contributed by atoms with Gasteiger partial charge in [0.15, 0.2) is 0 Å². The van der Waals surface area contributed by atoms with Gasteiger partial charge in [0.2, 0.25) is 0 Å². The number of non-ortho nitro benzene ring substituents is 1. The van der Waals surface area contributed by atoms with Gasteiger partial charge >= 0.3 is 0 Å². The van der Waals surface area contributed by atoms with Crippen molar-refractivity contribution in [2.75, 3.05) is 26.2 Å². The van der Waals surface area contributed by atoms with E-state index in [-0.39, 0.29) is 47.5 Å².